The second-order valence-electron chi connectivity index (χ2n) is 6.82. The molecule has 112 valence electrons. The first-order valence-electron chi connectivity index (χ1n) is 7.78. The molecule has 0 spiro atoms. The number of rotatable bonds is 3. The van der Waals surface area contributed by atoms with Gasteiger partial charge in [-0.15, -0.1) is 0 Å². The van der Waals surface area contributed by atoms with Crippen LogP contribution in [0.5, 0.6) is 0 Å². The average molecular weight is 284 g/mol. The van der Waals surface area contributed by atoms with Gasteiger partial charge in [0.2, 0.25) is 0 Å². The normalized spacial score (nSPS) is 15.0. The second-order valence-corrected chi connectivity index (χ2v) is 6.82. The molecule has 1 aliphatic rings. The zero-order chi connectivity index (χ0) is 14.9. The molecule has 0 aliphatic heterocycles. The van der Waals surface area contributed by atoms with Crippen molar-refractivity contribution >= 4 is 0 Å². The molecule has 21 heavy (non-hydrogen) atoms. The van der Waals surface area contributed by atoms with Crippen LogP contribution in [0.4, 0.5) is 0 Å². The third-order valence-corrected chi connectivity index (χ3v) is 3.91. The van der Waals surface area contributed by atoms with Crippen LogP contribution in [0, 0.1) is 0 Å². The second kappa shape index (κ2) is 5.60. The van der Waals surface area contributed by atoms with Gasteiger partial charge in [0.05, 0.1) is 23.4 Å². The highest BCUT2D eigenvalue weighted by atomic mass is 15.1. The van der Waals surface area contributed by atoms with E-state index in [1.54, 1.807) is 0 Å². The van der Waals surface area contributed by atoms with Gasteiger partial charge in [-0.2, -0.15) is 0 Å². The van der Waals surface area contributed by atoms with Gasteiger partial charge in [0.25, 0.3) is 0 Å². The van der Waals surface area contributed by atoms with E-state index in [-0.39, 0.29) is 5.54 Å². The lowest BCUT2D eigenvalue weighted by Crippen LogP contribution is -2.35. The van der Waals surface area contributed by atoms with E-state index in [0.717, 1.165) is 25.1 Å². The lowest BCUT2D eigenvalue weighted by Gasteiger charge is -2.20. The Morgan fingerprint density at radius 3 is 2.81 bits per heavy atom. The minimum absolute atomic E-state index is 0.103. The number of pyridine rings is 1. The van der Waals surface area contributed by atoms with Crippen molar-refractivity contribution in [1.29, 1.82) is 0 Å². The van der Waals surface area contributed by atoms with Crippen LogP contribution in [0.25, 0.3) is 5.69 Å². The molecular formula is C17H24N4. The lowest BCUT2D eigenvalue weighted by molar-refractivity contribution is 0.421. The van der Waals surface area contributed by atoms with E-state index in [1.807, 2.05) is 12.5 Å². The Morgan fingerprint density at radius 1 is 1.19 bits per heavy atom. The van der Waals surface area contributed by atoms with Crippen molar-refractivity contribution in [1.82, 2.24) is 19.9 Å². The van der Waals surface area contributed by atoms with Crippen LogP contribution in [0.3, 0.4) is 0 Å². The third-order valence-electron chi connectivity index (χ3n) is 3.91. The maximum Gasteiger partial charge on any atom is 0.0997 e. The monoisotopic (exact) mass is 284 g/mol. The Hall–Kier alpha value is -1.68. The van der Waals surface area contributed by atoms with Crippen molar-refractivity contribution in [3.63, 3.8) is 0 Å². The molecule has 2 aromatic rings. The van der Waals surface area contributed by atoms with Crippen molar-refractivity contribution in [2.24, 2.45) is 0 Å². The van der Waals surface area contributed by atoms with E-state index in [4.69, 9.17) is 0 Å². The molecule has 0 bridgehead atoms. The fraction of sp³-hybridized carbons (Fsp3) is 0.529. The summed E-state index contributed by atoms with van der Waals surface area (Å²) < 4.78 is 2.23. The van der Waals surface area contributed by atoms with Crippen molar-refractivity contribution in [3.05, 3.63) is 41.7 Å². The maximum atomic E-state index is 4.57. The number of hydrogen-bond donors (Lipinski definition) is 1. The first-order chi connectivity index (χ1) is 10.0. The van der Waals surface area contributed by atoms with Gasteiger partial charge in [-0.05, 0) is 58.6 Å². The Bertz CT molecular complexity index is 622. The summed E-state index contributed by atoms with van der Waals surface area (Å²) in [6.45, 7) is 7.30. The van der Waals surface area contributed by atoms with Crippen LogP contribution in [0.1, 0.15) is 50.7 Å². The van der Waals surface area contributed by atoms with E-state index in [2.05, 4.69) is 52.8 Å². The summed E-state index contributed by atoms with van der Waals surface area (Å²) in [6.07, 6.45) is 8.64. The van der Waals surface area contributed by atoms with Crippen molar-refractivity contribution in [3.8, 4) is 5.69 Å². The van der Waals surface area contributed by atoms with Gasteiger partial charge >= 0.3 is 0 Å². The molecule has 4 nitrogen and oxygen atoms in total. The van der Waals surface area contributed by atoms with Gasteiger partial charge in [0, 0.05) is 24.0 Å². The summed E-state index contributed by atoms with van der Waals surface area (Å²) in [7, 11) is 0. The smallest absolute Gasteiger partial charge is 0.0997 e. The van der Waals surface area contributed by atoms with E-state index in [0.29, 0.717) is 0 Å². The molecule has 0 aromatic carbocycles. The zero-order valence-electron chi connectivity index (χ0n) is 13.2. The van der Waals surface area contributed by atoms with Crippen LogP contribution in [-0.4, -0.2) is 20.1 Å². The molecule has 0 fully saturated rings. The topological polar surface area (TPSA) is 42.7 Å². The maximum absolute atomic E-state index is 4.57. The first-order valence-corrected chi connectivity index (χ1v) is 7.78. The minimum atomic E-state index is 0.103. The summed E-state index contributed by atoms with van der Waals surface area (Å²) in [5, 5.41) is 3.49. The molecule has 0 atom stereocenters. The van der Waals surface area contributed by atoms with Crippen LogP contribution >= 0.6 is 0 Å². The molecule has 0 saturated heterocycles. The summed E-state index contributed by atoms with van der Waals surface area (Å²) in [4.78, 5) is 9.04. The Labute approximate surface area is 126 Å². The lowest BCUT2D eigenvalue weighted by atomic mass is 10.0. The van der Waals surface area contributed by atoms with Crippen LogP contribution in [0.2, 0.25) is 0 Å². The highest BCUT2D eigenvalue weighted by Gasteiger charge is 2.16. The van der Waals surface area contributed by atoms with Crippen LogP contribution in [0.15, 0.2) is 24.7 Å². The molecule has 4 heteroatoms. The molecule has 2 aromatic heterocycles. The van der Waals surface area contributed by atoms with Crippen molar-refractivity contribution < 1.29 is 0 Å². The highest BCUT2D eigenvalue weighted by molar-refractivity contribution is 5.36. The van der Waals surface area contributed by atoms with E-state index in [9.17, 15) is 0 Å². The average Bonchev–Trinajstić information content (AvgIpc) is 2.89. The standard InChI is InChI=1S/C17H24N4/c1-17(2,3)20-11-13-10-14(8-9-18-13)21-12-19-15-6-4-5-7-16(15)21/h8-10,12,20H,4-7,11H2,1-3H3. The molecule has 1 N–H and O–H groups in total. The van der Waals surface area contributed by atoms with Gasteiger partial charge in [0.15, 0.2) is 0 Å². The number of aryl methyl sites for hydroxylation is 1. The number of hydrogen-bond acceptors (Lipinski definition) is 3. The largest absolute Gasteiger partial charge is 0.306 e. The van der Waals surface area contributed by atoms with Gasteiger partial charge in [0.1, 0.15) is 0 Å². The van der Waals surface area contributed by atoms with Crippen LogP contribution < -0.4 is 5.32 Å². The van der Waals surface area contributed by atoms with Gasteiger partial charge < -0.3 is 9.88 Å². The Kier molecular flexibility index (Phi) is 3.81. The number of nitrogens with zero attached hydrogens (tertiary/aromatic N) is 3. The number of imidazole rings is 1. The van der Waals surface area contributed by atoms with Crippen molar-refractivity contribution in [2.75, 3.05) is 0 Å². The Morgan fingerprint density at radius 2 is 2.00 bits per heavy atom. The highest BCUT2D eigenvalue weighted by Crippen LogP contribution is 2.23. The van der Waals surface area contributed by atoms with Gasteiger partial charge in [-0.25, -0.2) is 4.98 Å². The number of fused-ring (bicyclic) bond motifs is 1. The van der Waals surface area contributed by atoms with Crippen LogP contribution in [-0.2, 0) is 19.4 Å². The summed E-state index contributed by atoms with van der Waals surface area (Å²) in [6, 6.07) is 4.23. The molecule has 0 saturated carbocycles. The molecule has 0 amide bonds. The molecular weight excluding hydrogens is 260 g/mol. The summed E-state index contributed by atoms with van der Waals surface area (Å²) in [5.41, 5.74) is 4.99. The zero-order valence-corrected chi connectivity index (χ0v) is 13.2. The SMILES string of the molecule is CC(C)(C)NCc1cc(-n2cnc3c2CCCC3)ccn1. The quantitative estimate of drug-likeness (QED) is 0.942. The Balaban J connectivity index is 1.84. The van der Waals surface area contributed by atoms with Gasteiger partial charge in [-0.1, -0.05) is 0 Å². The van der Waals surface area contributed by atoms with Gasteiger partial charge in [-0.3, -0.25) is 4.98 Å². The molecule has 2 heterocycles. The third kappa shape index (κ3) is 3.32. The fourth-order valence-corrected chi connectivity index (χ4v) is 2.76. The van der Waals surface area contributed by atoms with E-state index in [1.165, 1.54) is 29.9 Å². The molecule has 1 aliphatic carbocycles. The minimum Gasteiger partial charge on any atom is -0.306 e. The molecule has 0 radical (unpaired) electrons. The predicted octanol–water partition coefficient (Wildman–Crippen LogP) is 3.03. The fourth-order valence-electron chi connectivity index (χ4n) is 2.76. The molecule has 0 unspecified atom stereocenters. The first kappa shape index (κ1) is 14.3. The van der Waals surface area contributed by atoms with E-state index < -0.39 is 0 Å². The number of aromatic nitrogens is 3. The van der Waals surface area contributed by atoms with E-state index >= 15 is 0 Å². The molecule has 3 rings (SSSR count). The van der Waals surface area contributed by atoms with Crippen molar-refractivity contribution in [2.45, 2.75) is 58.5 Å². The summed E-state index contributed by atoms with van der Waals surface area (Å²) in [5.74, 6) is 0. The number of nitrogens with one attached hydrogen (secondary N) is 1. The predicted molar refractivity (Wildman–Crippen MR) is 84.6 cm³/mol. The summed E-state index contributed by atoms with van der Waals surface area (Å²) >= 11 is 0.